The Hall–Kier alpha value is -1.10. The molecule has 0 heterocycles. The fraction of sp³-hybridized carbons (Fsp3) is 0.867. The van der Waals surface area contributed by atoms with Gasteiger partial charge >= 0.3 is 5.97 Å². The summed E-state index contributed by atoms with van der Waals surface area (Å²) in [4.78, 5) is 25.6. The molecule has 3 unspecified atom stereocenters. The molecule has 0 radical (unpaired) electrons. The Morgan fingerprint density at radius 1 is 1.30 bits per heavy atom. The van der Waals surface area contributed by atoms with Crippen LogP contribution in [0.15, 0.2) is 0 Å². The normalized spacial score (nSPS) is 26.2. The van der Waals surface area contributed by atoms with Crippen molar-refractivity contribution in [1.29, 1.82) is 0 Å². The molecule has 0 aromatic heterocycles. The zero-order valence-electron chi connectivity index (χ0n) is 13.1. The Balaban J connectivity index is 2.47. The van der Waals surface area contributed by atoms with Crippen LogP contribution in [0.2, 0.25) is 0 Å². The van der Waals surface area contributed by atoms with Crippen LogP contribution in [0.1, 0.15) is 40.0 Å². The molecular formula is C15H28N2O3. The molecule has 1 rings (SSSR count). The second-order valence-electron chi connectivity index (χ2n) is 6.16. The van der Waals surface area contributed by atoms with Gasteiger partial charge in [-0.25, -0.2) is 0 Å². The highest BCUT2D eigenvalue weighted by atomic mass is 16.4. The third-order valence-corrected chi connectivity index (χ3v) is 4.54. The first-order valence-corrected chi connectivity index (χ1v) is 7.57. The van der Waals surface area contributed by atoms with Crippen LogP contribution in [0, 0.1) is 17.8 Å². The molecule has 5 nitrogen and oxygen atoms in total. The van der Waals surface area contributed by atoms with Gasteiger partial charge in [-0.3, -0.25) is 9.59 Å². The quantitative estimate of drug-likeness (QED) is 0.744. The van der Waals surface area contributed by atoms with Crippen molar-refractivity contribution in [2.24, 2.45) is 17.8 Å². The number of carbonyl (C=O) groups excluding carboxylic acids is 1. The van der Waals surface area contributed by atoms with Crippen molar-refractivity contribution >= 4 is 11.9 Å². The lowest BCUT2D eigenvalue weighted by Crippen LogP contribution is -2.40. The molecule has 0 bridgehead atoms. The van der Waals surface area contributed by atoms with Crippen molar-refractivity contribution in [3.05, 3.63) is 0 Å². The summed E-state index contributed by atoms with van der Waals surface area (Å²) < 4.78 is 0. The van der Waals surface area contributed by atoms with Crippen LogP contribution < -0.4 is 5.32 Å². The largest absolute Gasteiger partial charge is 0.481 e. The summed E-state index contributed by atoms with van der Waals surface area (Å²) in [6, 6.07) is 0.439. The van der Waals surface area contributed by atoms with E-state index < -0.39 is 11.9 Å². The second kappa shape index (κ2) is 7.62. The van der Waals surface area contributed by atoms with E-state index in [9.17, 15) is 14.7 Å². The maximum atomic E-state index is 12.2. The van der Waals surface area contributed by atoms with Gasteiger partial charge in [0.2, 0.25) is 5.91 Å². The van der Waals surface area contributed by atoms with Gasteiger partial charge in [0.25, 0.3) is 0 Å². The molecule has 1 aliphatic rings. The molecule has 0 aromatic rings. The monoisotopic (exact) mass is 284 g/mol. The van der Waals surface area contributed by atoms with Gasteiger partial charge in [-0.2, -0.15) is 0 Å². The number of aliphatic carboxylic acids is 1. The third-order valence-electron chi connectivity index (χ3n) is 4.54. The number of likely N-dealkylation sites (N-methyl/N-ethyl adjacent to an activating group) is 1. The molecule has 0 aliphatic heterocycles. The molecule has 2 N–H and O–H groups in total. The van der Waals surface area contributed by atoms with E-state index in [2.05, 4.69) is 31.0 Å². The molecule has 1 saturated carbocycles. The number of rotatable bonds is 7. The van der Waals surface area contributed by atoms with Gasteiger partial charge in [-0.05, 0) is 39.7 Å². The zero-order valence-corrected chi connectivity index (χ0v) is 13.1. The average Bonchev–Trinajstić information content (AvgIpc) is 2.82. The molecule has 0 saturated heterocycles. The molecule has 20 heavy (non-hydrogen) atoms. The van der Waals surface area contributed by atoms with Gasteiger partial charge in [-0.15, -0.1) is 0 Å². The van der Waals surface area contributed by atoms with Crippen LogP contribution in [-0.2, 0) is 9.59 Å². The fourth-order valence-corrected chi connectivity index (χ4v) is 2.78. The smallest absolute Gasteiger partial charge is 0.307 e. The Morgan fingerprint density at radius 2 is 1.90 bits per heavy atom. The van der Waals surface area contributed by atoms with Crippen LogP contribution in [0.25, 0.3) is 0 Å². The SMILES string of the molecule is CCC1CC(C(=O)O)C(C(=O)NCCN(C)C(C)C)C1. The van der Waals surface area contributed by atoms with Crippen molar-refractivity contribution in [2.45, 2.75) is 46.1 Å². The number of carboxylic acids is 1. The van der Waals surface area contributed by atoms with Gasteiger partial charge in [0.15, 0.2) is 0 Å². The van der Waals surface area contributed by atoms with E-state index in [0.717, 1.165) is 13.0 Å². The lowest BCUT2D eigenvalue weighted by molar-refractivity contribution is -0.146. The fourth-order valence-electron chi connectivity index (χ4n) is 2.78. The third kappa shape index (κ3) is 4.47. The molecule has 0 aromatic carbocycles. The van der Waals surface area contributed by atoms with Crippen molar-refractivity contribution < 1.29 is 14.7 Å². The summed E-state index contributed by atoms with van der Waals surface area (Å²) in [6.07, 6.45) is 2.29. The molecule has 0 spiro atoms. The minimum absolute atomic E-state index is 0.0921. The van der Waals surface area contributed by atoms with E-state index in [1.807, 2.05) is 7.05 Å². The Bertz CT molecular complexity index is 344. The minimum Gasteiger partial charge on any atom is -0.481 e. The van der Waals surface area contributed by atoms with Crippen molar-refractivity contribution in [3.8, 4) is 0 Å². The van der Waals surface area contributed by atoms with Gasteiger partial charge in [0, 0.05) is 19.1 Å². The first-order chi connectivity index (χ1) is 9.36. The van der Waals surface area contributed by atoms with Gasteiger partial charge in [0.1, 0.15) is 0 Å². The lowest BCUT2D eigenvalue weighted by atomic mass is 9.95. The first-order valence-electron chi connectivity index (χ1n) is 7.57. The molecular weight excluding hydrogens is 256 g/mol. The lowest BCUT2D eigenvalue weighted by Gasteiger charge is -2.22. The molecule has 3 atom stereocenters. The maximum absolute atomic E-state index is 12.2. The van der Waals surface area contributed by atoms with Gasteiger partial charge in [-0.1, -0.05) is 13.3 Å². The highest BCUT2D eigenvalue weighted by Gasteiger charge is 2.41. The summed E-state index contributed by atoms with van der Waals surface area (Å²) in [5.74, 6) is -1.43. The molecule has 5 heteroatoms. The van der Waals surface area contributed by atoms with E-state index in [4.69, 9.17) is 0 Å². The standard InChI is InChI=1S/C15H28N2O3/c1-5-11-8-12(13(9-11)15(19)20)14(18)16-6-7-17(4)10(2)3/h10-13H,5-9H2,1-4H3,(H,16,18)(H,19,20). The molecule has 1 aliphatic carbocycles. The molecule has 116 valence electrons. The second-order valence-corrected chi connectivity index (χ2v) is 6.16. The number of carboxylic acid groups (broad SMARTS) is 1. The number of hydrogen-bond donors (Lipinski definition) is 2. The summed E-state index contributed by atoms with van der Waals surface area (Å²) >= 11 is 0. The highest BCUT2D eigenvalue weighted by Crippen LogP contribution is 2.38. The summed E-state index contributed by atoms with van der Waals surface area (Å²) in [7, 11) is 2.01. The van der Waals surface area contributed by atoms with E-state index in [1.165, 1.54) is 0 Å². The molecule has 1 fully saturated rings. The average molecular weight is 284 g/mol. The van der Waals surface area contributed by atoms with Gasteiger partial charge < -0.3 is 15.3 Å². The van der Waals surface area contributed by atoms with Crippen molar-refractivity contribution in [1.82, 2.24) is 10.2 Å². The maximum Gasteiger partial charge on any atom is 0.307 e. The van der Waals surface area contributed by atoms with E-state index in [-0.39, 0.29) is 11.8 Å². The van der Waals surface area contributed by atoms with E-state index in [0.29, 0.717) is 31.3 Å². The summed E-state index contributed by atoms with van der Waals surface area (Å²) in [5, 5.41) is 12.1. The van der Waals surface area contributed by atoms with Crippen LogP contribution in [0.4, 0.5) is 0 Å². The summed E-state index contributed by atoms with van der Waals surface area (Å²) in [6.45, 7) is 7.62. The van der Waals surface area contributed by atoms with Crippen molar-refractivity contribution in [2.75, 3.05) is 20.1 Å². The van der Waals surface area contributed by atoms with Crippen LogP contribution in [-0.4, -0.2) is 48.1 Å². The predicted molar refractivity (Wildman–Crippen MR) is 78.4 cm³/mol. The summed E-state index contributed by atoms with van der Waals surface area (Å²) in [5.41, 5.74) is 0. The first kappa shape index (κ1) is 17.0. The topological polar surface area (TPSA) is 69.6 Å². The predicted octanol–water partition coefficient (Wildman–Crippen LogP) is 1.58. The Morgan fingerprint density at radius 3 is 2.40 bits per heavy atom. The van der Waals surface area contributed by atoms with Crippen LogP contribution in [0.3, 0.4) is 0 Å². The van der Waals surface area contributed by atoms with Crippen LogP contribution >= 0.6 is 0 Å². The minimum atomic E-state index is -0.833. The highest BCUT2D eigenvalue weighted by molar-refractivity contribution is 5.85. The Kier molecular flexibility index (Phi) is 6.46. The Labute approximate surface area is 121 Å². The number of carbonyl (C=O) groups is 2. The van der Waals surface area contributed by atoms with Gasteiger partial charge in [0.05, 0.1) is 11.8 Å². The molecule has 1 amide bonds. The number of amides is 1. The van der Waals surface area contributed by atoms with Crippen LogP contribution in [0.5, 0.6) is 0 Å². The number of nitrogens with one attached hydrogen (secondary N) is 1. The van der Waals surface area contributed by atoms with E-state index in [1.54, 1.807) is 0 Å². The number of nitrogens with zero attached hydrogens (tertiary/aromatic N) is 1. The van der Waals surface area contributed by atoms with Crippen molar-refractivity contribution in [3.63, 3.8) is 0 Å². The van der Waals surface area contributed by atoms with E-state index >= 15 is 0 Å². The zero-order chi connectivity index (χ0) is 15.3. The number of hydrogen-bond acceptors (Lipinski definition) is 3.